The van der Waals surface area contributed by atoms with E-state index in [1.165, 1.54) is 0 Å². The summed E-state index contributed by atoms with van der Waals surface area (Å²) >= 11 is 0. The lowest BCUT2D eigenvalue weighted by atomic mass is 10.2. The van der Waals surface area contributed by atoms with Crippen LogP contribution in [0, 0.1) is 0 Å². The maximum Gasteiger partial charge on any atom is 0.317 e. The van der Waals surface area contributed by atoms with Gasteiger partial charge in [-0.15, -0.1) is 12.4 Å². The number of carbonyl (C=O) groups is 1. The monoisotopic (exact) mass is 239 g/mol. The molecule has 0 saturated carbocycles. The molecule has 92 valence electrons. The van der Waals surface area contributed by atoms with Crippen LogP contribution in [0.2, 0.25) is 0 Å². The van der Waals surface area contributed by atoms with E-state index < -0.39 is 5.97 Å². The summed E-state index contributed by atoms with van der Waals surface area (Å²) in [5, 5.41) is 8.71. The Bertz CT molecular complexity index is 167. The van der Waals surface area contributed by atoms with Crippen molar-refractivity contribution >= 4 is 18.4 Å². The fraction of sp³-hybridized carbons (Fsp3) is 0.900. The standard InChI is InChI=1S/C10H21NO3.ClH/c1-4-6-11(8-10(12)13)9(2)5-7-14-3;/h9H,4-8H2,1-3H3,(H,12,13);1H. The van der Waals surface area contributed by atoms with E-state index in [0.717, 1.165) is 19.4 Å². The molecule has 0 saturated heterocycles. The molecule has 4 nitrogen and oxygen atoms in total. The summed E-state index contributed by atoms with van der Waals surface area (Å²) in [5.74, 6) is -0.761. The Morgan fingerprint density at radius 2 is 2.13 bits per heavy atom. The maximum atomic E-state index is 10.6. The van der Waals surface area contributed by atoms with Crippen molar-refractivity contribution in [1.82, 2.24) is 4.90 Å². The smallest absolute Gasteiger partial charge is 0.317 e. The minimum atomic E-state index is -0.761. The maximum absolute atomic E-state index is 10.6. The average molecular weight is 240 g/mol. The second-order valence-electron chi connectivity index (χ2n) is 3.49. The molecule has 0 heterocycles. The highest BCUT2D eigenvalue weighted by Gasteiger charge is 2.15. The van der Waals surface area contributed by atoms with Crippen molar-refractivity contribution in [3.8, 4) is 0 Å². The van der Waals surface area contributed by atoms with Crippen LogP contribution in [0.5, 0.6) is 0 Å². The number of ether oxygens (including phenoxy) is 1. The predicted octanol–water partition coefficient (Wildman–Crippen LogP) is 1.63. The summed E-state index contributed by atoms with van der Waals surface area (Å²) in [6.45, 7) is 5.73. The zero-order valence-electron chi connectivity index (χ0n) is 9.73. The average Bonchev–Trinajstić information content (AvgIpc) is 2.13. The Morgan fingerprint density at radius 1 is 1.53 bits per heavy atom. The van der Waals surface area contributed by atoms with Crippen LogP contribution in [-0.4, -0.2) is 48.8 Å². The van der Waals surface area contributed by atoms with Gasteiger partial charge in [0.15, 0.2) is 0 Å². The van der Waals surface area contributed by atoms with Gasteiger partial charge in [0, 0.05) is 19.8 Å². The first kappa shape index (κ1) is 17.1. The summed E-state index contributed by atoms with van der Waals surface area (Å²) < 4.78 is 4.97. The molecule has 0 aliphatic rings. The number of hydrogen-bond donors (Lipinski definition) is 1. The molecule has 0 aromatic heterocycles. The zero-order chi connectivity index (χ0) is 11.0. The first-order chi connectivity index (χ1) is 6.61. The van der Waals surface area contributed by atoms with Gasteiger partial charge >= 0.3 is 5.97 Å². The van der Waals surface area contributed by atoms with E-state index in [0.29, 0.717) is 6.61 Å². The molecule has 0 aliphatic heterocycles. The summed E-state index contributed by atoms with van der Waals surface area (Å²) in [4.78, 5) is 12.6. The van der Waals surface area contributed by atoms with E-state index >= 15 is 0 Å². The number of aliphatic carboxylic acids is 1. The van der Waals surface area contributed by atoms with Crippen LogP contribution in [0.1, 0.15) is 26.7 Å². The van der Waals surface area contributed by atoms with E-state index in [9.17, 15) is 4.79 Å². The first-order valence-corrected chi connectivity index (χ1v) is 5.06. The molecular formula is C10H22ClNO3. The van der Waals surface area contributed by atoms with Gasteiger partial charge < -0.3 is 9.84 Å². The molecule has 0 aliphatic carbocycles. The minimum Gasteiger partial charge on any atom is -0.480 e. The zero-order valence-corrected chi connectivity index (χ0v) is 10.5. The number of rotatable bonds is 8. The number of methoxy groups -OCH3 is 1. The van der Waals surface area contributed by atoms with Gasteiger partial charge in [-0.1, -0.05) is 6.92 Å². The van der Waals surface area contributed by atoms with E-state index in [1.54, 1.807) is 7.11 Å². The molecule has 0 radical (unpaired) electrons. The molecule has 1 atom stereocenters. The van der Waals surface area contributed by atoms with Crippen molar-refractivity contribution in [2.24, 2.45) is 0 Å². The van der Waals surface area contributed by atoms with Crippen molar-refractivity contribution in [3.63, 3.8) is 0 Å². The van der Waals surface area contributed by atoms with Gasteiger partial charge in [-0.2, -0.15) is 0 Å². The normalized spacial score (nSPS) is 12.3. The third-order valence-electron chi connectivity index (χ3n) is 2.21. The highest BCUT2D eigenvalue weighted by atomic mass is 35.5. The fourth-order valence-electron chi connectivity index (χ4n) is 1.39. The van der Waals surface area contributed by atoms with Gasteiger partial charge in [0.1, 0.15) is 0 Å². The van der Waals surface area contributed by atoms with Crippen LogP contribution in [-0.2, 0) is 9.53 Å². The lowest BCUT2D eigenvalue weighted by Gasteiger charge is -2.26. The molecule has 1 N–H and O–H groups in total. The number of halogens is 1. The van der Waals surface area contributed by atoms with Crippen molar-refractivity contribution in [3.05, 3.63) is 0 Å². The Balaban J connectivity index is 0. The van der Waals surface area contributed by atoms with Crippen molar-refractivity contribution in [1.29, 1.82) is 0 Å². The Hall–Kier alpha value is -0.320. The number of nitrogens with zero attached hydrogens (tertiary/aromatic N) is 1. The lowest BCUT2D eigenvalue weighted by molar-refractivity contribution is -0.139. The highest BCUT2D eigenvalue weighted by molar-refractivity contribution is 5.85. The molecule has 0 fully saturated rings. The Kier molecular flexibility index (Phi) is 11.6. The molecule has 0 bridgehead atoms. The van der Waals surface area contributed by atoms with Crippen LogP contribution < -0.4 is 0 Å². The van der Waals surface area contributed by atoms with Gasteiger partial charge in [0.2, 0.25) is 0 Å². The second-order valence-corrected chi connectivity index (χ2v) is 3.49. The van der Waals surface area contributed by atoms with Crippen molar-refractivity contribution < 1.29 is 14.6 Å². The molecule has 0 aromatic carbocycles. The molecule has 0 aromatic rings. The lowest BCUT2D eigenvalue weighted by Crippen LogP contribution is -2.38. The number of hydrogen-bond acceptors (Lipinski definition) is 3. The molecule has 0 spiro atoms. The van der Waals surface area contributed by atoms with Crippen molar-refractivity contribution in [2.45, 2.75) is 32.7 Å². The quantitative estimate of drug-likeness (QED) is 0.700. The first-order valence-electron chi connectivity index (χ1n) is 5.06. The van der Waals surface area contributed by atoms with Crippen LogP contribution in [0.25, 0.3) is 0 Å². The third-order valence-corrected chi connectivity index (χ3v) is 2.21. The van der Waals surface area contributed by atoms with E-state index in [2.05, 4.69) is 6.92 Å². The third kappa shape index (κ3) is 8.66. The van der Waals surface area contributed by atoms with Crippen molar-refractivity contribution in [2.75, 3.05) is 26.8 Å². The van der Waals surface area contributed by atoms with Crippen LogP contribution >= 0.6 is 12.4 Å². The van der Waals surface area contributed by atoms with Gasteiger partial charge in [0.25, 0.3) is 0 Å². The molecule has 15 heavy (non-hydrogen) atoms. The molecule has 0 rings (SSSR count). The molecule has 5 heteroatoms. The fourth-order valence-corrected chi connectivity index (χ4v) is 1.39. The SMILES string of the molecule is CCCN(CC(=O)O)C(C)CCOC.Cl. The van der Waals surface area contributed by atoms with E-state index in [-0.39, 0.29) is 25.0 Å². The number of carboxylic acid groups (broad SMARTS) is 1. The molecule has 0 amide bonds. The molecule has 1 unspecified atom stereocenters. The van der Waals surface area contributed by atoms with E-state index in [4.69, 9.17) is 9.84 Å². The highest BCUT2D eigenvalue weighted by Crippen LogP contribution is 2.04. The predicted molar refractivity (Wildman–Crippen MR) is 62.7 cm³/mol. The Labute approximate surface area is 98.0 Å². The van der Waals surface area contributed by atoms with E-state index in [1.807, 2.05) is 11.8 Å². The van der Waals surface area contributed by atoms with Crippen LogP contribution in [0.4, 0.5) is 0 Å². The largest absolute Gasteiger partial charge is 0.480 e. The summed E-state index contributed by atoms with van der Waals surface area (Å²) in [7, 11) is 1.66. The summed E-state index contributed by atoms with van der Waals surface area (Å²) in [6, 6.07) is 0.269. The van der Waals surface area contributed by atoms with Gasteiger partial charge in [-0.3, -0.25) is 9.69 Å². The van der Waals surface area contributed by atoms with Crippen LogP contribution in [0.3, 0.4) is 0 Å². The topological polar surface area (TPSA) is 49.8 Å². The number of carboxylic acids is 1. The van der Waals surface area contributed by atoms with Crippen LogP contribution in [0.15, 0.2) is 0 Å². The second kappa shape index (κ2) is 10.2. The molecular weight excluding hydrogens is 218 g/mol. The Morgan fingerprint density at radius 3 is 2.53 bits per heavy atom. The van der Waals surface area contributed by atoms with Gasteiger partial charge in [-0.25, -0.2) is 0 Å². The minimum absolute atomic E-state index is 0. The summed E-state index contributed by atoms with van der Waals surface area (Å²) in [5.41, 5.74) is 0. The van der Waals surface area contributed by atoms with Gasteiger partial charge in [-0.05, 0) is 26.3 Å². The summed E-state index contributed by atoms with van der Waals surface area (Å²) in [6.07, 6.45) is 1.86. The van der Waals surface area contributed by atoms with Gasteiger partial charge in [0.05, 0.1) is 6.54 Å².